The Balaban J connectivity index is 1.57. The smallest absolute Gasteiger partial charge is 0.329 e. The van der Waals surface area contributed by atoms with E-state index in [-0.39, 0.29) is 18.5 Å². The summed E-state index contributed by atoms with van der Waals surface area (Å²) < 4.78 is 3.90. The van der Waals surface area contributed by atoms with Crippen molar-refractivity contribution in [1.29, 1.82) is 0 Å². The molecule has 5 heterocycles. The number of amides is 1. The zero-order chi connectivity index (χ0) is 21.0. The van der Waals surface area contributed by atoms with Gasteiger partial charge in [0.1, 0.15) is 6.54 Å². The molecular weight excluding hydrogens is 422 g/mol. The van der Waals surface area contributed by atoms with Gasteiger partial charge in [-0.3, -0.25) is 14.2 Å². The average molecular weight is 442 g/mol. The van der Waals surface area contributed by atoms with Crippen molar-refractivity contribution in [3.8, 4) is 0 Å². The summed E-state index contributed by atoms with van der Waals surface area (Å²) in [6, 6.07) is 5.87. The van der Waals surface area contributed by atoms with Crippen molar-refractivity contribution in [3.63, 3.8) is 0 Å². The third-order valence-corrected chi connectivity index (χ3v) is 7.51. The van der Waals surface area contributed by atoms with Crippen LogP contribution >= 0.6 is 22.7 Å². The molecular formula is C20H19N5O3S2. The fourth-order valence-corrected chi connectivity index (χ4v) is 5.86. The van der Waals surface area contributed by atoms with Crippen LogP contribution in [0.5, 0.6) is 0 Å². The normalized spacial score (nSPS) is 16.2. The number of carbonyl (C=O) groups excluding carboxylic acids is 1. The number of hydrogen-bond acceptors (Lipinski definition) is 6. The first-order valence-corrected chi connectivity index (χ1v) is 11.2. The van der Waals surface area contributed by atoms with Gasteiger partial charge in [-0.1, -0.05) is 6.07 Å². The van der Waals surface area contributed by atoms with E-state index in [0.29, 0.717) is 17.7 Å². The van der Waals surface area contributed by atoms with Gasteiger partial charge in [-0.25, -0.2) is 14.3 Å². The van der Waals surface area contributed by atoms with E-state index in [2.05, 4.69) is 16.4 Å². The predicted molar refractivity (Wildman–Crippen MR) is 116 cm³/mol. The van der Waals surface area contributed by atoms with Crippen LogP contribution in [0.4, 0.5) is 0 Å². The van der Waals surface area contributed by atoms with Gasteiger partial charge in [0, 0.05) is 30.4 Å². The summed E-state index contributed by atoms with van der Waals surface area (Å²) >= 11 is 3.31. The molecule has 30 heavy (non-hydrogen) atoms. The summed E-state index contributed by atoms with van der Waals surface area (Å²) in [6.45, 7) is 0.256. The van der Waals surface area contributed by atoms with Crippen molar-refractivity contribution in [1.82, 2.24) is 23.6 Å². The Hall–Kier alpha value is -2.98. The van der Waals surface area contributed by atoms with E-state index in [9.17, 15) is 14.4 Å². The van der Waals surface area contributed by atoms with E-state index < -0.39 is 11.2 Å². The van der Waals surface area contributed by atoms with Gasteiger partial charge in [-0.05, 0) is 34.9 Å². The van der Waals surface area contributed by atoms with Crippen LogP contribution in [0.1, 0.15) is 21.4 Å². The topological polar surface area (TPSA) is 82.1 Å². The number of thiophene rings is 2. The molecule has 10 heteroatoms. The Morgan fingerprint density at radius 2 is 2.03 bits per heavy atom. The summed E-state index contributed by atoms with van der Waals surface area (Å²) in [6.07, 6.45) is 2.27. The van der Waals surface area contributed by atoms with E-state index in [1.54, 1.807) is 46.2 Å². The molecule has 1 aliphatic rings. The summed E-state index contributed by atoms with van der Waals surface area (Å²) in [5.41, 5.74) is 0.708. The second-order valence-corrected chi connectivity index (χ2v) is 9.29. The third-order valence-electron chi connectivity index (χ3n) is 5.59. The lowest BCUT2D eigenvalue weighted by Gasteiger charge is -2.35. The molecule has 0 spiro atoms. The van der Waals surface area contributed by atoms with Gasteiger partial charge in [-0.15, -0.1) is 22.7 Å². The molecule has 0 unspecified atom stereocenters. The van der Waals surface area contributed by atoms with Gasteiger partial charge < -0.3 is 9.47 Å². The minimum Gasteiger partial charge on any atom is -0.329 e. The largest absolute Gasteiger partial charge is 0.332 e. The van der Waals surface area contributed by atoms with Crippen molar-refractivity contribution < 1.29 is 4.79 Å². The summed E-state index contributed by atoms with van der Waals surface area (Å²) in [5, 5.41) is 4.05. The molecule has 8 nitrogen and oxygen atoms in total. The van der Waals surface area contributed by atoms with Crippen molar-refractivity contribution >= 4 is 39.7 Å². The summed E-state index contributed by atoms with van der Waals surface area (Å²) in [5.74, 6) is -0.244. The summed E-state index contributed by atoms with van der Waals surface area (Å²) in [7, 11) is 3.26. The fourth-order valence-electron chi connectivity index (χ4n) is 4.10. The molecule has 0 saturated carbocycles. The van der Waals surface area contributed by atoms with Crippen LogP contribution < -0.4 is 11.2 Å². The number of nitrogens with zero attached hydrogens (tertiary/aromatic N) is 5. The maximum Gasteiger partial charge on any atom is 0.332 e. The van der Waals surface area contributed by atoms with Crippen LogP contribution in [0.2, 0.25) is 0 Å². The molecule has 4 aromatic rings. The number of carbonyl (C=O) groups is 1. The molecule has 0 aliphatic carbocycles. The quantitative estimate of drug-likeness (QED) is 0.485. The molecule has 1 amide bonds. The highest BCUT2D eigenvalue weighted by molar-refractivity contribution is 7.10. The van der Waals surface area contributed by atoms with E-state index >= 15 is 0 Å². The van der Waals surface area contributed by atoms with E-state index in [0.717, 1.165) is 21.4 Å². The number of rotatable bonds is 3. The molecule has 4 aromatic heterocycles. The van der Waals surface area contributed by atoms with E-state index in [1.165, 1.54) is 15.8 Å². The van der Waals surface area contributed by atoms with Gasteiger partial charge in [0.25, 0.3) is 5.56 Å². The van der Waals surface area contributed by atoms with Crippen molar-refractivity contribution in [3.05, 3.63) is 71.4 Å². The van der Waals surface area contributed by atoms with Crippen LogP contribution in [0.3, 0.4) is 0 Å². The highest BCUT2D eigenvalue weighted by Gasteiger charge is 2.34. The second kappa shape index (κ2) is 7.06. The first-order chi connectivity index (χ1) is 14.5. The maximum atomic E-state index is 13.4. The number of hydrogen-bond donors (Lipinski definition) is 0. The van der Waals surface area contributed by atoms with E-state index in [1.807, 2.05) is 17.5 Å². The lowest BCUT2D eigenvalue weighted by atomic mass is 9.98. The molecule has 154 valence electrons. The molecule has 0 aromatic carbocycles. The Morgan fingerprint density at radius 3 is 2.80 bits per heavy atom. The van der Waals surface area contributed by atoms with Crippen LogP contribution in [-0.4, -0.2) is 36.0 Å². The van der Waals surface area contributed by atoms with E-state index in [4.69, 9.17) is 0 Å². The zero-order valence-corrected chi connectivity index (χ0v) is 18.1. The SMILES string of the molecule is Cn1cnc2c1c(=O)n(CC(=O)N1CCc3sccc3[C@H]1c1cccs1)c(=O)n2C. The fraction of sp³-hybridized carbons (Fsp3) is 0.300. The number of aryl methyl sites for hydroxylation is 2. The number of aromatic nitrogens is 4. The average Bonchev–Trinajstić information content (AvgIpc) is 3.49. The molecule has 1 aliphatic heterocycles. The summed E-state index contributed by atoms with van der Waals surface area (Å²) in [4.78, 5) is 47.5. The minimum absolute atomic E-state index is 0.188. The van der Waals surface area contributed by atoms with Gasteiger partial charge in [-0.2, -0.15) is 0 Å². The van der Waals surface area contributed by atoms with Crippen molar-refractivity contribution in [2.24, 2.45) is 14.1 Å². The number of imidazole rings is 1. The lowest BCUT2D eigenvalue weighted by molar-refractivity contribution is -0.134. The predicted octanol–water partition coefficient (Wildman–Crippen LogP) is 1.73. The lowest BCUT2D eigenvalue weighted by Crippen LogP contribution is -2.47. The van der Waals surface area contributed by atoms with Crippen molar-refractivity contribution in [2.45, 2.75) is 19.0 Å². The zero-order valence-electron chi connectivity index (χ0n) is 16.4. The minimum atomic E-state index is -0.541. The monoisotopic (exact) mass is 441 g/mol. The highest BCUT2D eigenvalue weighted by Crippen LogP contribution is 2.39. The van der Waals surface area contributed by atoms with Gasteiger partial charge in [0.2, 0.25) is 5.91 Å². The Kier molecular flexibility index (Phi) is 4.48. The molecule has 0 bridgehead atoms. The first kappa shape index (κ1) is 19.0. The molecule has 0 fully saturated rings. The third kappa shape index (κ3) is 2.78. The molecule has 0 N–H and O–H groups in total. The molecule has 5 rings (SSSR count). The van der Waals surface area contributed by atoms with Crippen LogP contribution in [0.25, 0.3) is 11.2 Å². The first-order valence-electron chi connectivity index (χ1n) is 9.47. The Morgan fingerprint density at radius 1 is 1.20 bits per heavy atom. The Labute approximate surface area is 179 Å². The molecule has 0 radical (unpaired) electrons. The van der Waals surface area contributed by atoms with Gasteiger partial charge in [0.05, 0.1) is 12.4 Å². The standard InChI is InChI=1S/C20H19N5O3S2/c1-22-11-21-18-17(22)19(27)25(20(28)23(18)2)10-15(26)24-7-5-13-12(6-9-30-13)16(24)14-4-3-8-29-14/h3-4,6,8-9,11,16H,5,7,10H2,1-2H3/t16-/m0/s1. The molecule has 0 saturated heterocycles. The van der Waals surface area contributed by atoms with Crippen LogP contribution in [0, 0.1) is 0 Å². The highest BCUT2D eigenvalue weighted by atomic mass is 32.1. The second-order valence-electron chi connectivity index (χ2n) is 7.31. The van der Waals surface area contributed by atoms with Gasteiger partial charge >= 0.3 is 5.69 Å². The molecule has 1 atom stereocenters. The Bertz CT molecular complexity index is 1380. The van der Waals surface area contributed by atoms with Gasteiger partial charge in [0.15, 0.2) is 11.2 Å². The van der Waals surface area contributed by atoms with Crippen molar-refractivity contribution in [2.75, 3.05) is 6.54 Å². The maximum absolute atomic E-state index is 13.4. The number of fused-ring (bicyclic) bond motifs is 2. The van der Waals surface area contributed by atoms with Crippen LogP contribution in [0.15, 0.2) is 44.9 Å². The van der Waals surface area contributed by atoms with Crippen LogP contribution in [-0.2, 0) is 31.9 Å².